The molecule has 6 heteroatoms. The molecule has 0 fully saturated rings. The molecule has 3 spiro atoms. The van der Waals surface area contributed by atoms with Crippen LogP contribution in [-0.4, -0.2) is 0 Å². The van der Waals surface area contributed by atoms with E-state index >= 15 is 13.7 Å². The Morgan fingerprint density at radius 1 is 0.135 bits per heavy atom. The lowest BCUT2D eigenvalue weighted by Crippen LogP contribution is -2.31. The van der Waals surface area contributed by atoms with Gasteiger partial charge in [0.2, 0.25) is 0 Å². The van der Waals surface area contributed by atoms with Crippen LogP contribution in [0, 0.1) is 0 Å². The first kappa shape index (κ1) is 64.4. The van der Waals surface area contributed by atoms with Crippen molar-refractivity contribution in [3.05, 3.63) is 473 Å². The quantitative estimate of drug-likeness (QED) is 0.128. The van der Waals surface area contributed by atoms with Crippen molar-refractivity contribution in [3.63, 3.8) is 0 Å². The fraction of sp³-hybridized carbons (Fsp3) is 0.0286. The average Bonchev–Trinajstić information content (AvgIpc) is 1.52. The Morgan fingerprint density at radius 3 is 0.604 bits per heavy atom. The number of fused-ring (bicyclic) bond motifs is 30. The van der Waals surface area contributed by atoms with Crippen molar-refractivity contribution in [2.75, 3.05) is 0 Å². The topological polar surface area (TPSA) is 51.2 Å². The zero-order valence-corrected chi connectivity index (χ0v) is 62.9. The van der Waals surface area contributed by atoms with E-state index in [1.54, 1.807) is 0 Å². The lowest BCUT2D eigenvalue weighted by atomic mass is 9.70. The molecule has 17 aromatic carbocycles. The van der Waals surface area contributed by atoms with Crippen molar-refractivity contribution in [2.24, 2.45) is 0 Å². The van der Waals surface area contributed by atoms with E-state index in [4.69, 9.17) is 0 Å². The third-order valence-electron chi connectivity index (χ3n) is 25.6. The molecular formula is C105H67O3P3. The lowest BCUT2D eigenvalue weighted by molar-refractivity contribution is 0.591. The van der Waals surface area contributed by atoms with E-state index in [2.05, 4.69) is 297 Å². The fourth-order valence-corrected chi connectivity index (χ4v) is 29.1. The van der Waals surface area contributed by atoms with Gasteiger partial charge in [0.05, 0.1) is 16.2 Å². The lowest BCUT2D eigenvalue weighted by Gasteiger charge is -2.32. The van der Waals surface area contributed by atoms with E-state index in [-0.39, 0.29) is 0 Å². The van der Waals surface area contributed by atoms with Gasteiger partial charge in [-0.05, 0) is 181 Å². The summed E-state index contributed by atoms with van der Waals surface area (Å²) in [6.07, 6.45) is 0. The highest BCUT2D eigenvalue weighted by Gasteiger charge is 2.56. The first-order valence-electron chi connectivity index (χ1n) is 38.3. The minimum Gasteiger partial charge on any atom is -0.309 e. The molecule has 0 aliphatic heterocycles. The van der Waals surface area contributed by atoms with Crippen molar-refractivity contribution in [2.45, 2.75) is 16.2 Å². The second kappa shape index (κ2) is 23.7. The van der Waals surface area contributed by atoms with E-state index in [9.17, 15) is 0 Å². The van der Waals surface area contributed by atoms with Gasteiger partial charge >= 0.3 is 0 Å². The first-order valence-corrected chi connectivity index (χ1v) is 43.4. The molecule has 4 unspecified atom stereocenters. The largest absolute Gasteiger partial charge is 0.309 e. The summed E-state index contributed by atoms with van der Waals surface area (Å²) in [5, 5.41) is 6.82. The van der Waals surface area contributed by atoms with Crippen molar-refractivity contribution in [1.82, 2.24) is 0 Å². The van der Waals surface area contributed by atoms with Crippen LogP contribution in [0.5, 0.6) is 0 Å². The third kappa shape index (κ3) is 8.38. The van der Waals surface area contributed by atoms with Crippen molar-refractivity contribution in [3.8, 4) is 77.9 Å². The molecule has 0 N–H and O–H groups in total. The summed E-state index contributed by atoms with van der Waals surface area (Å²) in [5.41, 5.74) is 27.2. The van der Waals surface area contributed by atoms with E-state index in [0.29, 0.717) is 0 Å². The van der Waals surface area contributed by atoms with Crippen LogP contribution >= 0.6 is 21.4 Å². The Kier molecular flexibility index (Phi) is 13.8. The molecule has 0 heterocycles. The van der Waals surface area contributed by atoms with Gasteiger partial charge in [0.15, 0.2) is 21.4 Å². The van der Waals surface area contributed by atoms with Gasteiger partial charge in [-0.25, -0.2) is 0 Å². The summed E-state index contributed by atoms with van der Waals surface area (Å²) >= 11 is 0. The maximum atomic E-state index is 17.9. The molecule has 23 rings (SSSR count). The molecule has 6 aliphatic carbocycles. The van der Waals surface area contributed by atoms with Crippen LogP contribution in [0.15, 0.2) is 406 Å². The first-order chi connectivity index (χ1) is 54.7. The monoisotopic (exact) mass is 1470 g/mol. The smallest absolute Gasteiger partial charge is 0.171 e. The van der Waals surface area contributed by atoms with Crippen molar-refractivity contribution >= 4 is 69.2 Å². The molecule has 0 bridgehead atoms. The maximum Gasteiger partial charge on any atom is 0.171 e. The van der Waals surface area contributed by atoms with E-state index in [1.165, 1.54) is 44.5 Å². The Balaban J connectivity index is 0.695. The van der Waals surface area contributed by atoms with Gasteiger partial charge in [-0.1, -0.05) is 370 Å². The standard InChI is InChI=1S/C105H67O3P3/c106-109(70-29-5-1-6-30-70,71-31-7-2-8-32-71)75-53-58-89-84-43-18-25-50-96(84)105(101(89)64-75)97-51-26-19-44-85(97)90-60-54-76(66-102(90)105)110(107,72-33-9-3-10-34-72)74-37-27-28-68(62-74)69-52-57-86-81-40-16-23-48-94(81)104(98(86)63-69)95-49-24-17-42-83(95)88-61-56-78(67-100(88)104)111(108,73-35-11-4-12-36-73)77-55-59-87-82-41-15-22-47-93(82)103(99(87)65-77)91-45-20-13-38-79(91)80-39-14-21-46-92(80)103/h1-67H. The summed E-state index contributed by atoms with van der Waals surface area (Å²) in [7, 11) is -11.0. The predicted molar refractivity (Wildman–Crippen MR) is 459 cm³/mol. The molecule has 0 radical (unpaired) electrons. The third-order valence-corrected chi connectivity index (χ3v) is 34.7. The summed E-state index contributed by atoms with van der Waals surface area (Å²) < 4.78 is 52.2. The van der Waals surface area contributed by atoms with E-state index in [0.717, 1.165) is 148 Å². The normalized spacial score (nSPS) is 17.0. The fourth-order valence-electron chi connectivity index (χ4n) is 21.1. The number of benzene rings is 17. The molecular weight excluding hydrogens is 1400 g/mol. The Hall–Kier alpha value is -12.6. The highest BCUT2D eigenvalue weighted by Crippen LogP contribution is 2.68. The van der Waals surface area contributed by atoms with Gasteiger partial charge in [0, 0.05) is 47.7 Å². The zero-order chi connectivity index (χ0) is 73.6. The minimum atomic E-state index is -3.77. The molecule has 17 aromatic rings. The predicted octanol–water partition coefficient (Wildman–Crippen LogP) is 21.3. The summed E-state index contributed by atoms with van der Waals surface area (Å²) in [6.45, 7) is 0. The molecule has 4 atom stereocenters. The zero-order valence-electron chi connectivity index (χ0n) is 60.2. The summed E-state index contributed by atoms with van der Waals surface area (Å²) in [5.74, 6) is 0. The SMILES string of the molecule is O=P(c1ccccc1)(c1ccc2c(c1)C1(c3ccccc3-c3ccccc31)c1ccccc1-2)c1ccc2c(c1)C1(c3ccccc3-c3ccc(-c4cccc(P(=O)(c5ccccc5)c5ccc6c(c5)C5(c7ccccc7-c7ccc(P(=O)(c8ccccc8)c8ccccc8)cc75)c5ccccc5-6)c4)cc31)c1ccccc1-2. The summed E-state index contributed by atoms with van der Waals surface area (Å²) in [4.78, 5) is 0. The molecule has 0 aromatic heterocycles. The van der Waals surface area contributed by atoms with Crippen LogP contribution in [0.25, 0.3) is 77.9 Å². The van der Waals surface area contributed by atoms with Crippen molar-refractivity contribution < 1.29 is 13.7 Å². The van der Waals surface area contributed by atoms with Crippen molar-refractivity contribution in [1.29, 1.82) is 0 Å². The number of hydrogen-bond donors (Lipinski definition) is 0. The van der Waals surface area contributed by atoms with Crippen LogP contribution < -0.4 is 47.7 Å². The van der Waals surface area contributed by atoms with E-state index < -0.39 is 37.7 Å². The minimum absolute atomic E-state index is 0.629. The number of hydrogen-bond acceptors (Lipinski definition) is 3. The van der Waals surface area contributed by atoms with Gasteiger partial charge in [-0.15, -0.1) is 0 Å². The highest BCUT2D eigenvalue weighted by molar-refractivity contribution is 7.86. The molecule has 0 amide bonds. The molecule has 520 valence electrons. The van der Waals surface area contributed by atoms with Gasteiger partial charge in [0.25, 0.3) is 0 Å². The Morgan fingerprint density at radius 2 is 0.324 bits per heavy atom. The highest BCUT2D eigenvalue weighted by atomic mass is 31.2. The molecule has 111 heavy (non-hydrogen) atoms. The Labute approximate surface area is 645 Å². The second-order valence-electron chi connectivity index (χ2n) is 30.5. The Bertz CT molecular complexity index is 6890. The van der Waals surface area contributed by atoms with Crippen LogP contribution in [0.2, 0.25) is 0 Å². The molecule has 0 saturated heterocycles. The van der Waals surface area contributed by atoms with Crippen LogP contribution in [0.3, 0.4) is 0 Å². The second-order valence-corrected chi connectivity index (χ2v) is 38.8. The number of rotatable bonds is 10. The van der Waals surface area contributed by atoms with E-state index in [1.807, 2.05) is 109 Å². The van der Waals surface area contributed by atoms with Crippen LogP contribution in [0.1, 0.15) is 66.8 Å². The molecule has 3 nitrogen and oxygen atoms in total. The van der Waals surface area contributed by atoms with Gasteiger partial charge in [-0.3, -0.25) is 0 Å². The van der Waals surface area contributed by atoms with Gasteiger partial charge in [-0.2, -0.15) is 0 Å². The molecule has 0 saturated carbocycles. The van der Waals surface area contributed by atoms with Gasteiger partial charge in [0.1, 0.15) is 0 Å². The van der Waals surface area contributed by atoms with Gasteiger partial charge < -0.3 is 13.7 Å². The van der Waals surface area contributed by atoms with Crippen LogP contribution in [-0.2, 0) is 29.9 Å². The average molecular weight is 1470 g/mol. The molecule has 6 aliphatic rings. The summed E-state index contributed by atoms with van der Waals surface area (Å²) in [6, 6.07) is 144. The maximum absolute atomic E-state index is 17.9. The van der Waals surface area contributed by atoms with Crippen LogP contribution in [0.4, 0.5) is 0 Å².